The summed E-state index contributed by atoms with van der Waals surface area (Å²) in [5.41, 5.74) is 3.83. The first-order valence-electron chi connectivity index (χ1n) is 8.24. The van der Waals surface area contributed by atoms with E-state index in [0.717, 1.165) is 35.3 Å². The van der Waals surface area contributed by atoms with Gasteiger partial charge in [-0.1, -0.05) is 18.2 Å². The molecule has 1 N–H and O–H groups in total. The molecule has 128 valence electrons. The molecule has 1 aliphatic rings. The van der Waals surface area contributed by atoms with Crippen LogP contribution in [0.3, 0.4) is 0 Å². The molecule has 1 saturated carbocycles. The van der Waals surface area contributed by atoms with E-state index in [1.54, 1.807) is 0 Å². The van der Waals surface area contributed by atoms with Gasteiger partial charge >= 0.3 is 0 Å². The van der Waals surface area contributed by atoms with Crippen molar-refractivity contribution in [2.45, 2.75) is 45.0 Å². The minimum absolute atomic E-state index is 0.149. The molecule has 5 heteroatoms. The van der Waals surface area contributed by atoms with E-state index in [4.69, 9.17) is 4.74 Å². The molecule has 4 nitrogen and oxygen atoms in total. The van der Waals surface area contributed by atoms with Gasteiger partial charge in [-0.25, -0.2) is 8.42 Å². The fourth-order valence-corrected chi connectivity index (χ4v) is 4.04. The molecular weight excluding hydrogens is 322 g/mol. The summed E-state index contributed by atoms with van der Waals surface area (Å²) in [6.45, 7) is 5.99. The predicted molar refractivity (Wildman–Crippen MR) is 97.9 cm³/mol. The predicted octanol–water partition coefficient (Wildman–Crippen LogP) is 4.35. The van der Waals surface area contributed by atoms with Crippen LogP contribution in [0, 0.1) is 6.92 Å². The summed E-state index contributed by atoms with van der Waals surface area (Å²) >= 11 is 0. The Bertz CT molecular complexity index is 822. The van der Waals surface area contributed by atoms with Crippen molar-refractivity contribution >= 4 is 15.7 Å². The summed E-state index contributed by atoms with van der Waals surface area (Å²) < 4.78 is 32.4. The zero-order valence-corrected chi connectivity index (χ0v) is 15.1. The zero-order chi connectivity index (χ0) is 17.3. The lowest BCUT2D eigenvalue weighted by atomic mass is 10.00. The fourth-order valence-electron chi connectivity index (χ4n) is 2.66. The molecular formula is C19H23NO3S. The first-order chi connectivity index (χ1) is 11.3. The summed E-state index contributed by atoms with van der Waals surface area (Å²) in [6, 6.07) is 13.6. The number of sulfonamides is 1. The van der Waals surface area contributed by atoms with Crippen molar-refractivity contribution in [3.05, 3.63) is 48.0 Å². The molecule has 0 atom stereocenters. The maximum absolute atomic E-state index is 12.0. The maximum atomic E-state index is 12.0. The second-order valence-electron chi connectivity index (χ2n) is 6.57. The van der Waals surface area contributed by atoms with Crippen LogP contribution in [-0.2, 0) is 10.0 Å². The lowest BCUT2D eigenvalue weighted by Crippen LogP contribution is -2.17. The Morgan fingerprint density at radius 2 is 1.75 bits per heavy atom. The number of aryl methyl sites for hydroxylation is 1. The van der Waals surface area contributed by atoms with Crippen LogP contribution in [0.2, 0.25) is 0 Å². The highest BCUT2D eigenvalue weighted by atomic mass is 32.2. The molecule has 0 unspecified atom stereocenters. The van der Waals surface area contributed by atoms with Crippen molar-refractivity contribution in [2.75, 3.05) is 4.72 Å². The lowest BCUT2D eigenvalue weighted by Gasteiger charge is -2.13. The molecule has 1 fully saturated rings. The van der Waals surface area contributed by atoms with Crippen LogP contribution in [0.1, 0.15) is 32.3 Å². The molecule has 0 amide bonds. The molecule has 0 saturated heterocycles. The van der Waals surface area contributed by atoms with E-state index in [1.165, 1.54) is 0 Å². The summed E-state index contributed by atoms with van der Waals surface area (Å²) in [5.74, 6) is 0.847. The lowest BCUT2D eigenvalue weighted by molar-refractivity contribution is 0.242. The molecule has 0 radical (unpaired) electrons. The molecule has 0 heterocycles. The third kappa shape index (κ3) is 3.90. The largest absolute Gasteiger partial charge is 0.491 e. The summed E-state index contributed by atoms with van der Waals surface area (Å²) in [5, 5.41) is -0.217. The van der Waals surface area contributed by atoms with Gasteiger partial charge in [0.2, 0.25) is 10.0 Å². The monoisotopic (exact) mass is 345 g/mol. The molecule has 0 bridgehead atoms. The van der Waals surface area contributed by atoms with Crippen LogP contribution in [0.4, 0.5) is 5.69 Å². The van der Waals surface area contributed by atoms with Gasteiger partial charge in [-0.3, -0.25) is 4.72 Å². The Hall–Kier alpha value is -2.01. The Labute approximate surface area is 143 Å². The van der Waals surface area contributed by atoms with E-state index in [1.807, 2.05) is 63.2 Å². The van der Waals surface area contributed by atoms with Crippen molar-refractivity contribution in [1.29, 1.82) is 0 Å². The number of hydrogen-bond acceptors (Lipinski definition) is 3. The van der Waals surface area contributed by atoms with Crippen molar-refractivity contribution in [3.63, 3.8) is 0 Å². The average Bonchev–Trinajstić information content (AvgIpc) is 3.33. The van der Waals surface area contributed by atoms with E-state index in [2.05, 4.69) is 4.72 Å². The molecule has 0 aliphatic heterocycles. The first kappa shape index (κ1) is 16.8. The number of hydrogen-bond donors (Lipinski definition) is 1. The van der Waals surface area contributed by atoms with Crippen molar-refractivity contribution in [3.8, 4) is 16.9 Å². The maximum Gasteiger partial charge on any atom is 0.235 e. The van der Waals surface area contributed by atoms with Gasteiger partial charge in [0, 0.05) is 5.69 Å². The molecule has 2 aromatic carbocycles. The quantitative estimate of drug-likeness (QED) is 0.846. The van der Waals surface area contributed by atoms with Gasteiger partial charge in [0.15, 0.2) is 0 Å². The minimum atomic E-state index is -3.22. The highest BCUT2D eigenvalue weighted by Gasteiger charge is 2.35. The average molecular weight is 345 g/mol. The molecule has 3 rings (SSSR count). The van der Waals surface area contributed by atoms with Crippen molar-refractivity contribution in [1.82, 2.24) is 0 Å². The molecule has 0 aromatic heterocycles. The summed E-state index contributed by atoms with van der Waals surface area (Å²) in [7, 11) is -3.22. The normalized spacial score (nSPS) is 14.7. The molecule has 24 heavy (non-hydrogen) atoms. The second-order valence-corrected chi connectivity index (χ2v) is 8.53. The van der Waals surface area contributed by atoms with Crippen molar-refractivity contribution < 1.29 is 13.2 Å². The SMILES string of the molecule is Cc1cc(NS(=O)(=O)C2CC2)ccc1-c1ccc(OC(C)C)cc1. The van der Waals surface area contributed by atoms with Crippen LogP contribution in [0.5, 0.6) is 5.75 Å². The number of rotatable bonds is 6. The highest BCUT2D eigenvalue weighted by molar-refractivity contribution is 7.93. The van der Waals surface area contributed by atoms with Gasteiger partial charge in [-0.2, -0.15) is 0 Å². The number of ether oxygens (including phenoxy) is 1. The van der Waals surface area contributed by atoms with Crippen LogP contribution in [0.15, 0.2) is 42.5 Å². The first-order valence-corrected chi connectivity index (χ1v) is 9.79. The Balaban J connectivity index is 1.79. The van der Waals surface area contributed by atoms with E-state index in [9.17, 15) is 8.42 Å². The standard InChI is InChI=1S/C19H23NO3S/c1-13(2)23-17-7-4-15(5-8-17)19-11-6-16(12-14(19)3)20-24(21,22)18-9-10-18/h4-8,11-13,18,20H,9-10H2,1-3H3. The van der Waals surface area contributed by atoms with Gasteiger partial charge in [0.1, 0.15) is 5.75 Å². The van der Waals surface area contributed by atoms with Crippen LogP contribution < -0.4 is 9.46 Å². The van der Waals surface area contributed by atoms with E-state index < -0.39 is 10.0 Å². The van der Waals surface area contributed by atoms with Crippen LogP contribution in [-0.4, -0.2) is 19.8 Å². The van der Waals surface area contributed by atoms with E-state index in [0.29, 0.717) is 5.69 Å². The van der Waals surface area contributed by atoms with E-state index >= 15 is 0 Å². The highest BCUT2D eigenvalue weighted by Crippen LogP contribution is 2.32. The molecule has 1 aliphatic carbocycles. The molecule has 0 spiro atoms. The van der Waals surface area contributed by atoms with Crippen LogP contribution in [0.25, 0.3) is 11.1 Å². The summed E-state index contributed by atoms with van der Waals surface area (Å²) in [6.07, 6.45) is 1.67. The number of anilines is 1. The Morgan fingerprint density at radius 1 is 1.08 bits per heavy atom. The fraction of sp³-hybridized carbons (Fsp3) is 0.368. The van der Waals surface area contributed by atoms with E-state index in [-0.39, 0.29) is 11.4 Å². The third-order valence-electron chi connectivity index (χ3n) is 3.99. The topological polar surface area (TPSA) is 55.4 Å². The Morgan fingerprint density at radius 3 is 2.29 bits per heavy atom. The zero-order valence-electron chi connectivity index (χ0n) is 14.2. The molecule has 2 aromatic rings. The summed E-state index contributed by atoms with van der Waals surface area (Å²) in [4.78, 5) is 0. The second kappa shape index (κ2) is 6.48. The van der Waals surface area contributed by atoms with Gasteiger partial charge < -0.3 is 4.74 Å². The van der Waals surface area contributed by atoms with Crippen LogP contribution >= 0.6 is 0 Å². The minimum Gasteiger partial charge on any atom is -0.491 e. The van der Waals surface area contributed by atoms with Gasteiger partial charge in [0.25, 0.3) is 0 Å². The Kier molecular flexibility index (Phi) is 4.54. The third-order valence-corrected chi connectivity index (χ3v) is 5.86. The van der Waals surface area contributed by atoms with Gasteiger partial charge in [-0.05, 0) is 74.6 Å². The van der Waals surface area contributed by atoms with Crippen molar-refractivity contribution in [2.24, 2.45) is 0 Å². The number of benzene rings is 2. The van der Waals surface area contributed by atoms with Gasteiger partial charge in [-0.15, -0.1) is 0 Å². The smallest absolute Gasteiger partial charge is 0.235 e. The number of nitrogens with one attached hydrogen (secondary N) is 1. The van der Waals surface area contributed by atoms with Gasteiger partial charge in [0.05, 0.1) is 11.4 Å².